The van der Waals surface area contributed by atoms with Crippen LogP contribution in [0.25, 0.3) is 0 Å². The largest absolute Gasteiger partial charge is 0.454 e. The third-order valence-electron chi connectivity index (χ3n) is 3.26. The molecular formula is C12H14O4. The second-order valence-electron chi connectivity index (χ2n) is 4.29. The molecule has 1 saturated heterocycles. The van der Waals surface area contributed by atoms with Crippen molar-refractivity contribution >= 4 is 0 Å². The van der Waals surface area contributed by atoms with Gasteiger partial charge in [0.25, 0.3) is 0 Å². The predicted molar refractivity (Wildman–Crippen MR) is 56.4 cm³/mol. The zero-order valence-electron chi connectivity index (χ0n) is 9.05. The van der Waals surface area contributed by atoms with Gasteiger partial charge in [-0.2, -0.15) is 0 Å². The number of aliphatic hydroxyl groups excluding tert-OH is 1. The Bertz CT molecular complexity index is 404. The molecule has 86 valence electrons. The summed E-state index contributed by atoms with van der Waals surface area (Å²) in [5.41, 5.74) is 1.04. The van der Waals surface area contributed by atoms with Crippen molar-refractivity contribution in [1.29, 1.82) is 0 Å². The first kappa shape index (κ1) is 9.93. The van der Waals surface area contributed by atoms with E-state index >= 15 is 0 Å². The summed E-state index contributed by atoms with van der Waals surface area (Å²) < 4.78 is 16.1. The summed E-state index contributed by atoms with van der Waals surface area (Å²) in [5.74, 6) is 1.64. The Morgan fingerprint density at radius 3 is 2.81 bits per heavy atom. The van der Waals surface area contributed by atoms with Crippen LogP contribution >= 0.6 is 0 Å². The molecule has 4 nitrogen and oxygen atoms in total. The minimum atomic E-state index is -0.379. The Balaban J connectivity index is 1.90. The van der Waals surface area contributed by atoms with Crippen molar-refractivity contribution in [3.63, 3.8) is 0 Å². The maximum Gasteiger partial charge on any atom is 0.231 e. The molecule has 0 unspecified atom stereocenters. The van der Waals surface area contributed by atoms with Gasteiger partial charge in [-0.25, -0.2) is 0 Å². The van der Waals surface area contributed by atoms with Gasteiger partial charge in [0, 0.05) is 5.92 Å². The van der Waals surface area contributed by atoms with Crippen LogP contribution in [-0.2, 0) is 4.74 Å². The number of fused-ring (bicyclic) bond motifs is 1. The van der Waals surface area contributed by atoms with Gasteiger partial charge in [-0.3, -0.25) is 0 Å². The van der Waals surface area contributed by atoms with Crippen LogP contribution in [-0.4, -0.2) is 24.6 Å². The molecule has 2 heterocycles. The number of aliphatic hydroxyl groups is 1. The van der Waals surface area contributed by atoms with Gasteiger partial charge in [-0.05, 0) is 17.7 Å². The molecule has 2 aliphatic rings. The lowest BCUT2D eigenvalue weighted by atomic mass is 9.95. The van der Waals surface area contributed by atoms with E-state index in [0.29, 0.717) is 6.61 Å². The van der Waals surface area contributed by atoms with E-state index in [2.05, 4.69) is 0 Å². The lowest BCUT2D eigenvalue weighted by molar-refractivity contribution is 0.0865. The van der Waals surface area contributed by atoms with Crippen molar-refractivity contribution in [2.75, 3.05) is 13.4 Å². The third-order valence-corrected chi connectivity index (χ3v) is 3.26. The first-order valence-electron chi connectivity index (χ1n) is 5.45. The Morgan fingerprint density at radius 2 is 2.06 bits per heavy atom. The minimum absolute atomic E-state index is 0.0514. The van der Waals surface area contributed by atoms with Crippen LogP contribution in [0.15, 0.2) is 18.2 Å². The molecule has 1 aromatic rings. The van der Waals surface area contributed by atoms with E-state index in [1.54, 1.807) is 0 Å². The standard InChI is InChI=1S/C12H14O4/c1-7-9(13)5-14-12(7)8-2-3-10-11(4-8)16-6-15-10/h2-4,7,9,12-13H,5-6H2,1H3/t7-,9+,12-/m0/s1. The first-order chi connectivity index (χ1) is 7.75. The zero-order chi connectivity index (χ0) is 11.1. The second-order valence-corrected chi connectivity index (χ2v) is 4.29. The first-order valence-corrected chi connectivity index (χ1v) is 5.45. The average molecular weight is 222 g/mol. The zero-order valence-corrected chi connectivity index (χ0v) is 9.05. The highest BCUT2D eigenvalue weighted by molar-refractivity contribution is 5.45. The highest BCUT2D eigenvalue weighted by Gasteiger charge is 2.34. The van der Waals surface area contributed by atoms with E-state index < -0.39 is 0 Å². The molecule has 0 aromatic heterocycles. The summed E-state index contributed by atoms with van der Waals surface area (Å²) in [5, 5.41) is 9.64. The molecule has 0 saturated carbocycles. The molecule has 1 aromatic carbocycles. The summed E-state index contributed by atoms with van der Waals surface area (Å²) in [6.07, 6.45) is -0.431. The molecule has 0 amide bonds. The van der Waals surface area contributed by atoms with Crippen LogP contribution in [0.4, 0.5) is 0 Å². The molecular weight excluding hydrogens is 208 g/mol. The number of hydrogen-bond acceptors (Lipinski definition) is 4. The maximum absolute atomic E-state index is 9.64. The van der Waals surface area contributed by atoms with E-state index in [-0.39, 0.29) is 24.9 Å². The Morgan fingerprint density at radius 1 is 1.25 bits per heavy atom. The lowest BCUT2D eigenvalue weighted by Gasteiger charge is -2.16. The normalized spacial score (nSPS) is 32.0. The van der Waals surface area contributed by atoms with Gasteiger partial charge in [-0.15, -0.1) is 0 Å². The summed E-state index contributed by atoms with van der Waals surface area (Å²) in [6, 6.07) is 5.78. The molecule has 0 spiro atoms. The number of hydrogen-bond donors (Lipinski definition) is 1. The summed E-state index contributed by atoms with van der Waals surface area (Å²) in [4.78, 5) is 0. The van der Waals surface area contributed by atoms with Crippen molar-refractivity contribution in [1.82, 2.24) is 0 Å². The van der Waals surface area contributed by atoms with E-state index in [0.717, 1.165) is 17.1 Å². The fraction of sp³-hybridized carbons (Fsp3) is 0.500. The summed E-state index contributed by atoms with van der Waals surface area (Å²) in [6.45, 7) is 2.68. The lowest BCUT2D eigenvalue weighted by Crippen LogP contribution is -2.15. The fourth-order valence-electron chi connectivity index (χ4n) is 2.20. The Kier molecular flexibility index (Phi) is 2.26. The fourth-order valence-corrected chi connectivity index (χ4v) is 2.20. The minimum Gasteiger partial charge on any atom is -0.454 e. The van der Waals surface area contributed by atoms with Crippen LogP contribution < -0.4 is 9.47 Å². The van der Waals surface area contributed by atoms with Crippen molar-refractivity contribution in [2.24, 2.45) is 5.92 Å². The van der Waals surface area contributed by atoms with Crippen molar-refractivity contribution in [2.45, 2.75) is 19.1 Å². The van der Waals surface area contributed by atoms with Crippen molar-refractivity contribution in [3.05, 3.63) is 23.8 Å². The Labute approximate surface area is 93.7 Å². The molecule has 0 aliphatic carbocycles. The molecule has 0 radical (unpaired) electrons. The van der Waals surface area contributed by atoms with Crippen LogP contribution in [0.5, 0.6) is 11.5 Å². The van der Waals surface area contributed by atoms with Gasteiger partial charge in [0.1, 0.15) is 0 Å². The van der Waals surface area contributed by atoms with Gasteiger partial charge < -0.3 is 19.3 Å². The number of ether oxygens (including phenoxy) is 3. The van der Waals surface area contributed by atoms with Crippen molar-refractivity contribution < 1.29 is 19.3 Å². The van der Waals surface area contributed by atoms with Crippen LogP contribution in [0.1, 0.15) is 18.6 Å². The maximum atomic E-state index is 9.64. The number of benzene rings is 1. The highest BCUT2D eigenvalue weighted by Crippen LogP contribution is 2.39. The smallest absolute Gasteiger partial charge is 0.231 e. The van der Waals surface area contributed by atoms with E-state index in [4.69, 9.17) is 14.2 Å². The van der Waals surface area contributed by atoms with Crippen LogP contribution in [0, 0.1) is 5.92 Å². The van der Waals surface area contributed by atoms with Gasteiger partial charge in [0.2, 0.25) is 6.79 Å². The molecule has 1 fully saturated rings. The highest BCUT2D eigenvalue weighted by atomic mass is 16.7. The molecule has 16 heavy (non-hydrogen) atoms. The average Bonchev–Trinajstić information content (AvgIpc) is 2.86. The van der Waals surface area contributed by atoms with E-state index in [1.807, 2.05) is 25.1 Å². The monoisotopic (exact) mass is 222 g/mol. The van der Waals surface area contributed by atoms with Gasteiger partial charge in [0.05, 0.1) is 18.8 Å². The molecule has 4 heteroatoms. The summed E-state index contributed by atoms with van der Waals surface area (Å²) in [7, 11) is 0. The summed E-state index contributed by atoms with van der Waals surface area (Å²) >= 11 is 0. The van der Waals surface area contributed by atoms with Gasteiger partial charge >= 0.3 is 0 Å². The molecule has 1 N–H and O–H groups in total. The third kappa shape index (κ3) is 1.45. The second kappa shape index (κ2) is 3.64. The van der Waals surface area contributed by atoms with Crippen LogP contribution in [0.3, 0.4) is 0 Å². The molecule has 3 rings (SSSR count). The molecule has 3 atom stereocenters. The van der Waals surface area contributed by atoms with E-state index in [1.165, 1.54) is 0 Å². The van der Waals surface area contributed by atoms with Crippen molar-refractivity contribution in [3.8, 4) is 11.5 Å². The quantitative estimate of drug-likeness (QED) is 0.782. The van der Waals surface area contributed by atoms with Gasteiger partial charge in [0.15, 0.2) is 11.5 Å². The Hall–Kier alpha value is -1.26. The predicted octanol–water partition coefficient (Wildman–Crippen LogP) is 1.48. The molecule has 2 aliphatic heterocycles. The topological polar surface area (TPSA) is 47.9 Å². The van der Waals surface area contributed by atoms with Gasteiger partial charge in [-0.1, -0.05) is 13.0 Å². The SMILES string of the molecule is C[C@H]1[C@H](O)CO[C@@H]1c1ccc2c(c1)OCO2. The van der Waals surface area contributed by atoms with E-state index in [9.17, 15) is 5.11 Å². The number of rotatable bonds is 1. The molecule has 0 bridgehead atoms. The van der Waals surface area contributed by atoms with Crippen LogP contribution in [0.2, 0.25) is 0 Å².